The van der Waals surface area contributed by atoms with Gasteiger partial charge in [0.15, 0.2) is 5.79 Å². The molecule has 142 valence electrons. The number of likely N-dealkylation sites (tertiary alicyclic amines) is 1. The summed E-state index contributed by atoms with van der Waals surface area (Å²) in [6, 6.07) is 6.17. The lowest BCUT2D eigenvalue weighted by molar-refractivity contribution is -0.181. The normalized spacial score (nSPS) is 18.7. The topological polar surface area (TPSA) is 76.6 Å². The van der Waals surface area contributed by atoms with Crippen LogP contribution in [0.25, 0.3) is 0 Å². The van der Waals surface area contributed by atoms with Crippen LogP contribution in [0.1, 0.15) is 34.3 Å². The van der Waals surface area contributed by atoms with Crippen molar-refractivity contribution in [3.05, 3.63) is 47.3 Å². The van der Waals surface area contributed by atoms with Gasteiger partial charge in [-0.3, -0.25) is 4.79 Å². The second kappa shape index (κ2) is 7.25. The lowest BCUT2D eigenvalue weighted by atomic mass is 10.0. The van der Waals surface area contributed by atoms with Crippen molar-refractivity contribution in [2.45, 2.75) is 32.5 Å². The highest BCUT2D eigenvalue weighted by Gasteiger charge is 2.40. The first-order valence-corrected chi connectivity index (χ1v) is 9.28. The minimum atomic E-state index is -0.479. The van der Waals surface area contributed by atoms with Crippen LogP contribution in [0.15, 0.2) is 30.6 Å². The maximum atomic E-state index is 12.7. The summed E-state index contributed by atoms with van der Waals surface area (Å²) in [5.74, 6) is -0.0565. The molecule has 1 spiro atoms. The Bertz CT molecular complexity index is 822. The number of carbonyl (C=O) groups is 1. The number of amides is 1. The quantitative estimate of drug-likeness (QED) is 0.898. The fraction of sp³-hybridized carbons (Fsp3) is 0.450. The van der Waals surface area contributed by atoms with Crippen LogP contribution in [-0.4, -0.2) is 52.9 Å². The molecular formula is C20H24N4O3. The van der Waals surface area contributed by atoms with Gasteiger partial charge < -0.3 is 19.7 Å². The maximum Gasteiger partial charge on any atom is 0.256 e. The Morgan fingerprint density at radius 1 is 1.11 bits per heavy atom. The van der Waals surface area contributed by atoms with Crippen molar-refractivity contribution in [3.8, 4) is 0 Å². The summed E-state index contributed by atoms with van der Waals surface area (Å²) in [5, 5.41) is 3.21. The van der Waals surface area contributed by atoms with E-state index in [0.717, 1.165) is 16.8 Å². The molecule has 0 aliphatic carbocycles. The van der Waals surface area contributed by atoms with Crippen molar-refractivity contribution in [2.75, 3.05) is 31.6 Å². The number of hydrogen-bond donors (Lipinski definition) is 1. The third kappa shape index (κ3) is 3.79. The molecule has 2 fully saturated rings. The SMILES string of the molecule is Cc1ccc(C)c(Nc2ncc(C(=O)N3CCC4(CC3)OCCO4)cn2)c1. The van der Waals surface area contributed by atoms with Gasteiger partial charge >= 0.3 is 0 Å². The van der Waals surface area contributed by atoms with Gasteiger partial charge in [0, 0.05) is 44.0 Å². The molecule has 1 amide bonds. The zero-order chi connectivity index (χ0) is 18.9. The minimum absolute atomic E-state index is 0.0545. The van der Waals surface area contributed by atoms with E-state index in [1.807, 2.05) is 18.7 Å². The van der Waals surface area contributed by atoms with Gasteiger partial charge in [-0.05, 0) is 31.0 Å². The molecule has 0 saturated carbocycles. The molecule has 1 aromatic carbocycles. The van der Waals surface area contributed by atoms with Crippen LogP contribution in [-0.2, 0) is 9.47 Å². The highest BCUT2D eigenvalue weighted by atomic mass is 16.7. The Hall–Kier alpha value is -2.51. The molecule has 0 unspecified atom stereocenters. The van der Waals surface area contributed by atoms with Crippen LogP contribution >= 0.6 is 0 Å². The Labute approximate surface area is 158 Å². The molecule has 2 aliphatic rings. The summed E-state index contributed by atoms with van der Waals surface area (Å²) in [7, 11) is 0. The van der Waals surface area contributed by atoms with E-state index in [-0.39, 0.29) is 5.91 Å². The number of aryl methyl sites for hydroxylation is 2. The molecule has 0 atom stereocenters. The van der Waals surface area contributed by atoms with E-state index in [1.54, 1.807) is 12.4 Å². The van der Waals surface area contributed by atoms with Crippen LogP contribution in [0.2, 0.25) is 0 Å². The van der Waals surface area contributed by atoms with Gasteiger partial charge in [0.2, 0.25) is 5.95 Å². The number of piperidine rings is 1. The summed E-state index contributed by atoms with van der Waals surface area (Å²) < 4.78 is 11.4. The van der Waals surface area contributed by atoms with Crippen molar-refractivity contribution in [3.63, 3.8) is 0 Å². The molecule has 7 nitrogen and oxygen atoms in total. The molecule has 1 aromatic heterocycles. The highest BCUT2D eigenvalue weighted by molar-refractivity contribution is 5.93. The number of rotatable bonds is 3. The number of carbonyl (C=O) groups excluding carboxylic acids is 1. The van der Waals surface area contributed by atoms with Crippen LogP contribution in [0.4, 0.5) is 11.6 Å². The first-order chi connectivity index (χ1) is 13.0. The summed E-state index contributed by atoms with van der Waals surface area (Å²) >= 11 is 0. The molecule has 2 aromatic rings. The van der Waals surface area contributed by atoms with Crippen LogP contribution in [0.3, 0.4) is 0 Å². The fourth-order valence-corrected chi connectivity index (χ4v) is 3.51. The van der Waals surface area contributed by atoms with Gasteiger partial charge in [-0.25, -0.2) is 9.97 Å². The molecule has 0 bridgehead atoms. The van der Waals surface area contributed by atoms with E-state index < -0.39 is 5.79 Å². The average Bonchev–Trinajstić information content (AvgIpc) is 3.13. The largest absolute Gasteiger partial charge is 0.347 e. The van der Waals surface area contributed by atoms with Gasteiger partial charge in [0.05, 0.1) is 18.8 Å². The molecule has 7 heteroatoms. The molecule has 2 aliphatic heterocycles. The van der Waals surface area contributed by atoms with Crippen molar-refractivity contribution in [2.24, 2.45) is 0 Å². The van der Waals surface area contributed by atoms with E-state index in [9.17, 15) is 4.79 Å². The van der Waals surface area contributed by atoms with Gasteiger partial charge in [0.25, 0.3) is 5.91 Å². The fourth-order valence-electron chi connectivity index (χ4n) is 3.51. The number of anilines is 2. The van der Waals surface area contributed by atoms with Crippen molar-refractivity contribution in [1.29, 1.82) is 0 Å². The van der Waals surface area contributed by atoms with Gasteiger partial charge in [-0.2, -0.15) is 0 Å². The van der Waals surface area contributed by atoms with Gasteiger partial charge in [-0.15, -0.1) is 0 Å². The molecule has 2 saturated heterocycles. The summed E-state index contributed by atoms with van der Waals surface area (Å²) in [5.41, 5.74) is 3.73. The number of aromatic nitrogens is 2. The smallest absolute Gasteiger partial charge is 0.256 e. The lowest BCUT2D eigenvalue weighted by Crippen LogP contribution is -2.47. The minimum Gasteiger partial charge on any atom is -0.347 e. The summed E-state index contributed by atoms with van der Waals surface area (Å²) in [6.07, 6.45) is 4.56. The lowest BCUT2D eigenvalue weighted by Gasteiger charge is -2.37. The molecule has 4 rings (SSSR count). The van der Waals surface area contributed by atoms with E-state index in [2.05, 4.69) is 33.5 Å². The van der Waals surface area contributed by atoms with E-state index in [0.29, 0.717) is 50.7 Å². The van der Waals surface area contributed by atoms with Crippen molar-refractivity contribution < 1.29 is 14.3 Å². The Morgan fingerprint density at radius 2 is 1.78 bits per heavy atom. The maximum absolute atomic E-state index is 12.7. The van der Waals surface area contributed by atoms with Gasteiger partial charge in [-0.1, -0.05) is 12.1 Å². The first kappa shape index (κ1) is 17.9. The Morgan fingerprint density at radius 3 is 2.44 bits per heavy atom. The highest BCUT2D eigenvalue weighted by Crippen LogP contribution is 2.31. The third-order valence-electron chi connectivity index (χ3n) is 5.16. The Balaban J connectivity index is 1.40. The number of nitrogens with zero attached hydrogens (tertiary/aromatic N) is 3. The standard InChI is InChI=1S/C20H24N4O3/c1-14-3-4-15(2)17(11-14)23-19-21-12-16(13-22-19)18(25)24-7-5-20(6-8-24)26-9-10-27-20/h3-4,11-13H,5-10H2,1-2H3,(H,21,22,23). The molecule has 3 heterocycles. The molecule has 27 heavy (non-hydrogen) atoms. The zero-order valence-electron chi connectivity index (χ0n) is 15.7. The predicted octanol–water partition coefficient (Wildman–Crippen LogP) is 2.82. The number of nitrogens with one attached hydrogen (secondary N) is 1. The Kier molecular flexibility index (Phi) is 4.80. The van der Waals surface area contributed by atoms with Gasteiger partial charge in [0.1, 0.15) is 0 Å². The van der Waals surface area contributed by atoms with Crippen LogP contribution in [0, 0.1) is 13.8 Å². The second-order valence-electron chi connectivity index (χ2n) is 7.14. The first-order valence-electron chi connectivity index (χ1n) is 9.28. The van der Waals surface area contributed by atoms with Crippen molar-refractivity contribution in [1.82, 2.24) is 14.9 Å². The average molecular weight is 368 g/mol. The van der Waals surface area contributed by atoms with Crippen LogP contribution in [0.5, 0.6) is 0 Å². The summed E-state index contributed by atoms with van der Waals surface area (Å²) in [6.45, 7) is 6.56. The second-order valence-corrected chi connectivity index (χ2v) is 7.14. The molecule has 0 radical (unpaired) electrons. The number of benzene rings is 1. The van der Waals surface area contributed by atoms with E-state index in [1.165, 1.54) is 0 Å². The molecule has 1 N–H and O–H groups in total. The predicted molar refractivity (Wildman–Crippen MR) is 101 cm³/mol. The van der Waals surface area contributed by atoms with Crippen molar-refractivity contribution >= 4 is 17.5 Å². The number of ether oxygens (including phenoxy) is 2. The third-order valence-corrected chi connectivity index (χ3v) is 5.16. The monoisotopic (exact) mass is 368 g/mol. The van der Waals surface area contributed by atoms with E-state index in [4.69, 9.17) is 9.47 Å². The zero-order valence-corrected chi connectivity index (χ0v) is 15.7. The van der Waals surface area contributed by atoms with Crippen LogP contribution < -0.4 is 5.32 Å². The van der Waals surface area contributed by atoms with E-state index >= 15 is 0 Å². The number of hydrogen-bond acceptors (Lipinski definition) is 6. The molecular weight excluding hydrogens is 344 g/mol. The summed E-state index contributed by atoms with van der Waals surface area (Å²) in [4.78, 5) is 23.2.